The number of halogens is 4. The zero-order valence-corrected chi connectivity index (χ0v) is 11.8. The normalized spacial score (nSPS) is 14.8. The molecular weight excluding hydrogens is 283 g/mol. The highest BCUT2D eigenvalue weighted by Gasteiger charge is 2.29. The molecule has 1 aromatic carbocycles. The van der Waals surface area contributed by atoms with E-state index in [0.717, 1.165) is 12.0 Å². The first-order valence-electron chi connectivity index (χ1n) is 5.44. The predicted molar refractivity (Wildman–Crippen MR) is 72.0 cm³/mol. The molecule has 0 aliphatic heterocycles. The fourth-order valence-corrected chi connectivity index (χ4v) is 2.01. The molecule has 1 rings (SSSR count). The number of hydrogen-bond acceptors (Lipinski definition) is 2. The molecule has 0 spiro atoms. The van der Waals surface area contributed by atoms with E-state index in [9.17, 15) is 13.2 Å². The van der Waals surface area contributed by atoms with Crippen LogP contribution in [0.15, 0.2) is 29.2 Å². The summed E-state index contributed by atoms with van der Waals surface area (Å²) in [5, 5.41) is 0. The molecule has 1 aromatic rings. The first-order valence-corrected chi connectivity index (χ1v) is 6.26. The summed E-state index contributed by atoms with van der Waals surface area (Å²) >= 11 is -0.106. The van der Waals surface area contributed by atoms with Crippen LogP contribution in [0.1, 0.15) is 31.9 Å². The summed E-state index contributed by atoms with van der Waals surface area (Å²) in [5.74, 6) is 0.316. The molecule has 1 unspecified atom stereocenters. The van der Waals surface area contributed by atoms with E-state index < -0.39 is 5.51 Å². The maximum atomic E-state index is 12.1. The minimum Gasteiger partial charge on any atom is -0.324 e. The van der Waals surface area contributed by atoms with Crippen LogP contribution in [0.2, 0.25) is 0 Å². The van der Waals surface area contributed by atoms with Gasteiger partial charge in [0.1, 0.15) is 0 Å². The van der Waals surface area contributed by atoms with Gasteiger partial charge in [-0.15, -0.1) is 12.4 Å². The van der Waals surface area contributed by atoms with Crippen LogP contribution in [0, 0.1) is 5.92 Å². The molecule has 6 heteroatoms. The molecule has 0 heterocycles. The predicted octanol–water partition coefficient (Wildman–Crippen LogP) is 4.77. The smallest absolute Gasteiger partial charge is 0.324 e. The molecule has 0 amide bonds. The summed E-state index contributed by atoms with van der Waals surface area (Å²) in [6, 6.07) is 6.16. The van der Waals surface area contributed by atoms with E-state index in [1.165, 1.54) is 12.1 Å². The number of hydrogen-bond donors (Lipinski definition) is 1. The van der Waals surface area contributed by atoms with Crippen molar-refractivity contribution < 1.29 is 13.2 Å². The Morgan fingerprint density at radius 1 is 1.22 bits per heavy atom. The van der Waals surface area contributed by atoms with Crippen molar-refractivity contribution in [1.29, 1.82) is 0 Å². The fourth-order valence-electron chi connectivity index (χ4n) is 1.47. The van der Waals surface area contributed by atoms with E-state index in [0.29, 0.717) is 5.92 Å². The molecule has 0 aromatic heterocycles. The van der Waals surface area contributed by atoms with Gasteiger partial charge >= 0.3 is 5.51 Å². The molecule has 104 valence electrons. The fraction of sp³-hybridized carbons (Fsp3) is 0.500. The van der Waals surface area contributed by atoms with Crippen molar-refractivity contribution >= 4 is 24.2 Å². The van der Waals surface area contributed by atoms with Crippen molar-refractivity contribution in [2.24, 2.45) is 11.7 Å². The Labute approximate surface area is 116 Å². The van der Waals surface area contributed by atoms with Gasteiger partial charge in [-0.3, -0.25) is 0 Å². The minimum absolute atomic E-state index is 0. The quantitative estimate of drug-likeness (QED) is 0.811. The SMILES string of the molecule is CCC(C)[C@@H](N)c1ccc(SC(F)(F)F)cc1.Cl. The Hall–Kier alpha value is -0.390. The molecule has 0 radical (unpaired) electrons. The highest BCUT2D eigenvalue weighted by molar-refractivity contribution is 8.00. The highest BCUT2D eigenvalue weighted by Crippen LogP contribution is 2.37. The Bertz CT molecular complexity index is 353. The Morgan fingerprint density at radius 3 is 2.11 bits per heavy atom. The van der Waals surface area contributed by atoms with E-state index in [2.05, 4.69) is 0 Å². The van der Waals surface area contributed by atoms with Gasteiger partial charge < -0.3 is 5.73 Å². The third-order valence-electron chi connectivity index (χ3n) is 2.76. The number of nitrogens with two attached hydrogens (primary N) is 1. The molecule has 2 atom stereocenters. The number of rotatable bonds is 4. The lowest BCUT2D eigenvalue weighted by Crippen LogP contribution is -2.18. The number of alkyl halides is 3. The summed E-state index contributed by atoms with van der Waals surface area (Å²) < 4.78 is 36.4. The average Bonchev–Trinajstić information content (AvgIpc) is 2.26. The van der Waals surface area contributed by atoms with Gasteiger partial charge in [-0.2, -0.15) is 13.2 Å². The van der Waals surface area contributed by atoms with E-state index in [4.69, 9.17) is 5.73 Å². The molecule has 0 saturated heterocycles. The van der Waals surface area contributed by atoms with E-state index >= 15 is 0 Å². The monoisotopic (exact) mass is 299 g/mol. The van der Waals surface area contributed by atoms with Crippen LogP contribution in [-0.4, -0.2) is 5.51 Å². The van der Waals surface area contributed by atoms with Crippen LogP contribution < -0.4 is 5.73 Å². The lowest BCUT2D eigenvalue weighted by molar-refractivity contribution is -0.0328. The second kappa shape index (κ2) is 7.26. The van der Waals surface area contributed by atoms with Crippen molar-refractivity contribution in [1.82, 2.24) is 0 Å². The first kappa shape index (κ1) is 17.6. The summed E-state index contributed by atoms with van der Waals surface area (Å²) in [7, 11) is 0. The van der Waals surface area contributed by atoms with Crippen LogP contribution in [0.4, 0.5) is 13.2 Å². The molecule has 0 saturated carbocycles. The second-order valence-electron chi connectivity index (χ2n) is 4.03. The maximum Gasteiger partial charge on any atom is 0.446 e. The van der Waals surface area contributed by atoms with Gasteiger partial charge in [-0.1, -0.05) is 32.4 Å². The lowest BCUT2D eigenvalue weighted by Gasteiger charge is -2.18. The van der Waals surface area contributed by atoms with Crippen molar-refractivity contribution in [3.8, 4) is 0 Å². The van der Waals surface area contributed by atoms with Gasteiger partial charge in [0.25, 0.3) is 0 Å². The van der Waals surface area contributed by atoms with Gasteiger partial charge in [-0.25, -0.2) is 0 Å². The topological polar surface area (TPSA) is 26.0 Å². The Morgan fingerprint density at radius 2 is 1.72 bits per heavy atom. The Balaban J connectivity index is 0.00000289. The van der Waals surface area contributed by atoms with Crippen molar-refractivity contribution in [2.45, 2.75) is 36.7 Å². The molecule has 1 nitrogen and oxygen atoms in total. The van der Waals surface area contributed by atoms with E-state index in [-0.39, 0.29) is 35.1 Å². The average molecular weight is 300 g/mol. The van der Waals surface area contributed by atoms with Crippen LogP contribution in [0.25, 0.3) is 0 Å². The zero-order chi connectivity index (χ0) is 13.1. The summed E-state index contributed by atoms with van der Waals surface area (Å²) in [6.07, 6.45) is 0.945. The second-order valence-corrected chi connectivity index (χ2v) is 5.17. The number of thioether (sulfide) groups is 1. The van der Waals surface area contributed by atoms with E-state index in [1.807, 2.05) is 13.8 Å². The third kappa shape index (κ3) is 5.50. The van der Waals surface area contributed by atoms with Crippen LogP contribution >= 0.6 is 24.2 Å². The van der Waals surface area contributed by atoms with Gasteiger partial charge in [-0.05, 0) is 35.4 Å². The molecule has 0 aliphatic rings. The summed E-state index contributed by atoms with van der Waals surface area (Å²) in [5.41, 5.74) is 2.64. The largest absolute Gasteiger partial charge is 0.446 e. The van der Waals surface area contributed by atoms with Crippen LogP contribution in [0.5, 0.6) is 0 Å². The standard InChI is InChI=1S/C12H16F3NS.ClH/c1-3-8(2)11(16)9-4-6-10(7-5-9)17-12(13,14)15;/h4-8,11H,3,16H2,1-2H3;1H/t8?,11-;/m1./s1. The van der Waals surface area contributed by atoms with Crippen LogP contribution in [-0.2, 0) is 0 Å². The summed E-state index contributed by atoms with van der Waals surface area (Å²) in [6.45, 7) is 4.07. The molecule has 0 fully saturated rings. The van der Waals surface area contributed by atoms with Crippen LogP contribution in [0.3, 0.4) is 0 Å². The third-order valence-corrected chi connectivity index (χ3v) is 3.49. The molecule has 2 N–H and O–H groups in total. The highest BCUT2D eigenvalue weighted by atomic mass is 35.5. The first-order chi connectivity index (χ1) is 7.83. The summed E-state index contributed by atoms with van der Waals surface area (Å²) in [4.78, 5) is 0.192. The maximum absolute atomic E-state index is 12.1. The van der Waals surface area contributed by atoms with Gasteiger partial charge in [0.05, 0.1) is 0 Å². The minimum atomic E-state index is -4.24. The Kier molecular flexibility index (Phi) is 7.10. The molecule has 0 aliphatic carbocycles. The van der Waals surface area contributed by atoms with Crippen molar-refractivity contribution in [3.05, 3.63) is 29.8 Å². The van der Waals surface area contributed by atoms with Gasteiger partial charge in [0.15, 0.2) is 0 Å². The molecule has 0 bridgehead atoms. The lowest BCUT2D eigenvalue weighted by atomic mass is 9.93. The number of benzene rings is 1. The molecule has 18 heavy (non-hydrogen) atoms. The van der Waals surface area contributed by atoms with E-state index in [1.54, 1.807) is 12.1 Å². The molecular formula is C12H17ClF3NS. The van der Waals surface area contributed by atoms with Crippen molar-refractivity contribution in [2.75, 3.05) is 0 Å². The van der Waals surface area contributed by atoms with Gasteiger partial charge in [0.2, 0.25) is 0 Å². The van der Waals surface area contributed by atoms with Crippen molar-refractivity contribution in [3.63, 3.8) is 0 Å². The zero-order valence-electron chi connectivity index (χ0n) is 10.2. The van der Waals surface area contributed by atoms with Gasteiger partial charge in [0, 0.05) is 10.9 Å².